The summed E-state index contributed by atoms with van der Waals surface area (Å²) in [4.78, 5) is 0. The Labute approximate surface area is 99.8 Å². The Hall–Kier alpha value is -0.250. The summed E-state index contributed by atoms with van der Waals surface area (Å²) in [5.74, 6) is 1.41. The Morgan fingerprint density at radius 1 is 1.57 bits per heavy atom. The van der Waals surface area contributed by atoms with Crippen LogP contribution in [0.5, 0.6) is 5.75 Å². The van der Waals surface area contributed by atoms with Gasteiger partial charge in [0.15, 0.2) is 0 Å². The van der Waals surface area contributed by atoms with Gasteiger partial charge in [-0.05, 0) is 23.1 Å². The summed E-state index contributed by atoms with van der Waals surface area (Å²) >= 11 is 11.1. The predicted octanol–water partition coefficient (Wildman–Crippen LogP) is 4.41. The van der Waals surface area contributed by atoms with Crippen molar-refractivity contribution in [1.82, 2.24) is 0 Å². The molecule has 0 saturated carbocycles. The van der Waals surface area contributed by atoms with Crippen LogP contribution in [0.1, 0.15) is 5.56 Å². The van der Waals surface area contributed by atoms with Crippen LogP contribution in [0.2, 0.25) is 0 Å². The van der Waals surface area contributed by atoms with E-state index in [-0.39, 0.29) is 0 Å². The van der Waals surface area contributed by atoms with Gasteiger partial charge in [0.1, 0.15) is 5.75 Å². The molecular formula is C10H8BrClOS. The van der Waals surface area contributed by atoms with Crippen LogP contribution in [-0.2, 0) is 5.88 Å². The molecule has 0 spiro atoms. The Morgan fingerprint density at radius 2 is 2.36 bits per heavy atom. The van der Waals surface area contributed by atoms with E-state index in [1.54, 1.807) is 18.4 Å². The second kappa shape index (κ2) is 4.09. The minimum atomic E-state index is 0.512. The highest BCUT2D eigenvalue weighted by Crippen LogP contribution is 2.38. The molecule has 1 aromatic carbocycles. The lowest BCUT2D eigenvalue weighted by molar-refractivity contribution is 0.420. The number of thiophene rings is 1. The zero-order valence-electron chi connectivity index (χ0n) is 7.51. The van der Waals surface area contributed by atoms with Crippen molar-refractivity contribution in [1.29, 1.82) is 0 Å². The lowest BCUT2D eigenvalue weighted by Crippen LogP contribution is -1.87. The number of hydrogen-bond acceptors (Lipinski definition) is 2. The van der Waals surface area contributed by atoms with E-state index in [1.165, 1.54) is 5.39 Å². The van der Waals surface area contributed by atoms with Crippen LogP contribution in [0.15, 0.2) is 22.0 Å². The van der Waals surface area contributed by atoms with E-state index in [0.717, 1.165) is 20.5 Å². The smallest absolute Gasteiger partial charge is 0.137 e. The lowest BCUT2D eigenvalue weighted by Gasteiger charge is -2.07. The Bertz CT molecular complexity index is 466. The summed E-state index contributed by atoms with van der Waals surface area (Å²) in [6.07, 6.45) is 0. The highest BCUT2D eigenvalue weighted by molar-refractivity contribution is 9.10. The Balaban J connectivity index is 2.81. The summed E-state index contributed by atoms with van der Waals surface area (Å²) in [5.41, 5.74) is 1.13. The van der Waals surface area contributed by atoms with Crippen LogP contribution in [0.4, 0.5) is 0 Å². The van der Waals surface area contributed by atoms with Gasteiger partial charge in [-0.15, -0.1) is 22.9 Å². The highest BCUT2D eigenvalue weighted by atomic mass is 79.9. The molecule has 0 aliphatic rings. The van der Waals surface area contributed by atoms with Gasteiger partial charge >= 0.3 is 0 Å². The molecule has 4 heteroatoms. The van der Waals surface area contributed by atoms with Crippen LogP contribution in [0, 0.1) is 0 Å². The van der Waals surface area contributed by atoms with Gasteiger partial charge in [0.05, 0.1) is 11.8 Å². The largest absolute Gasteiger partial charge is 0.495 e. The standard InChI is InChI=1S/C10H8BrClOS/c1-13-9-4-8(11)7(5-12)6-2-3-14-10(6)9/h2-4H,5H2,1H3. The number of ether oxygens (including phenoxy) is 1. The highest BCUT2D eigenvalue weighted by Gasteiger charge is 2.11. The van der Waals surface area contributed by atoms with E-state index in [2.05, 4.69) is 27.4 Å². The molecule has 1 aromatic heterocycles. The fourth-order valence-corrected chi connectivity index (χ4v) is 3.35. The number of rotatable bonds is 2. The van der Waals surface area contributed by atoms with E-state index in [0.29, 0.717) is 5.88 Å². The molecule has 0 bridgehead atoms. The maximum atomic E-state index is 5.90. The van der Waals surface area contributed by atoms with Gasteiger partial charge in [-0.3, -0.25) is 0 Å². The van der Waals surface area contributed by atoms with Crippen LogP contribution < -0.4 is 4.74 Å². The van der Waals surface area contributed by atoms with Crippen molar-refractivity contribution < 1.29 is 4.74 Å². The molecule has 0 aliphatic carbocycles. The molecule has 1 heterocycles. The Morgan fingerprint density at radius 3 is 3.00 bits per heavy atom. The average Bonchev–Trinajstić information content (AvgIpc) is 2.65. The fourth-order valence-electron chi connectivity index (χ4n) is 1.42. The first-order chi connectivity index (χ1) is 6.77. The third-order valence-corrected chi connectivity index (χ3v) is 4.02. The molecule has 2 rings (SSSR count). The quantitative estimate of drug-likeness (QED) is 0.745. The number of methoxy groups -OCH3 is 1. The zero-order chi connectivity index (χ0) is 10.1. The number of alkyl halides is 1. The maximum absolute atomic E-state index is 5.90. The molecule has 74 valence electrons. The molecule has 0 radical (unpaired) electrons. The molecule has 0 atom stereocenters. The zero-order valence-corrected chi connectivity index (χ0v) is 10.7. The van der Waals surface area contributed by atoms with Gasteiger partial charge in [0.2, 0.25) is 0 Å². The summed E-state index contributed by atoms with van der Waals surface area (Å²) < 4.78 is 7.47. The van der Waals surface area contributed by atoms with Gasteiger partial charge in [-0.2, -0.15) is 0 Å². The van der Waals surface area contributed by atoms with Gasteiger partial charge in [-0.25, -0.2) is 0 Å². The van der Waals surface area contributed by atoms with Crippen molar-refractivity contribution in [3.63, 3.8) is 0 Å². The molecule has 0 fully saturated rings. The molecule has 2 aromatic rings. The number of halogens is 2. The first-order valence-electron chi connectivity index (χ1n) is 4.06. The van der Waals surface area contributed by atoms with Crippen LogP contribution in [0.25, 0.3) is 10.1 Å². The summed E-state index contributed by atoms with van der Waals surface area (Å²) in [6.45, 7) is 0. The van der Waals surface area contributed by atoms with Crippen molar-refractivity contribution in [2.75, 3.05) is 7.11 Å². The van der Waals surface area contributed by atoms with Gasteiger partial charge < -0.3 is 4.74 Å². The lowest BCUT2D eigenvalue weighted by atomic mass is 10.1. The van der Waals surface area contributed by atoms with E-state index in [9.17, 15) is 0 Å². The van der Waals surface area contributed by atoms with Crippen molar-refractivity contribution in [2.24, 2.45) is 0 Å². The van der Waals surface area contributed by atoms with E-state index >= 15 is 0 Å². The first kappa shape index (κ1) is 10.3. The maximum Gasteiger partial charge on any atom is 0.137 e. The normalized spacial score (nSPS) is 10.8. The topological polar surface area (TPSA) is 9.23 Å². The minimum absolute atomic E-state index is 0.512. The fraction of sp³-hybridized carbons (Fsp3) is 0.200. The third kappa shape index (κ3) is 1.53. The van der Waals surface area contributed by atoms with Gasteiger partial charge in [0, 0.05) is 15.7 Å². The van der Waals surface area contributed by atoms with Crippen molar-refractivity contribution in [3.05, 3.63) is 27.5 Å². The molecular weight excluding hydrogens is 284 g/mol. The van der Waals surface area contributed by atoms with Crippen molar-refractivity contribution in [2.45, 2.75) is 5.88 Å². The third-order valence-electron chi connectivity index (χ3n) is 2.11. The number of benzene rings is 1. The predicted molar refractivity (Wildman–Crippen MR) is 65.6 cm³/mol. The number of fused-ring (bicyclic) bond motifs is 1. The molecule has 1 nitrogen and oxygen atoms in total. The monoisotopic (exact) mass is 290 g/mol. The SMILES string of the molecule is COc1cc(Br)c(CCl)c2ccsc12. The minimum Gasteiger partial charge on any atom is -0.495 e. The molecule has 14 heavy (non-hydrogen) atoms. The molecule has 0 saturated heterocycles. The van der Waals surface area contributed by atoms with E-state index in [1.807, 2.05) is 6.07 Å². The van der Waals surface area contributed by atoms with Crippen molar-refractivity contribution >= 4 is 49.0 Å². The molecule has 0 aliphatic heterocycles. The molecule has 0 amide bonds. The number of hydrogen-bond donors (Lipinski definition) is 0. The Kier molecular flexibility index (Phi) is 3.00. The van der Waals surface area contributed by atoms with E-state index in [4.69, 9.17) is 16.3 Å². The molecule has 0 unspecified atom stereocenters. The summed E-state index contributed by atoms with van der Waals surface area (Å²) in [5, 5.41) is 3.23. The first-order valence-corrected chi connectivity index (χ1v) is 6.27. The summed E-state index contributed by atoms with van der Waals surface area (Å²) in [6, 6.07) is 4.04. The second-order valence-corrected chi connectivity index (χ2v) is 4.87. The van der Waals surface area contributed by atoms with E-state index < -0.39 is 0 Å². The van der Waals surface area contributed by atoms with Crippen LogP contribution in [0.3, 0.4) is 0 Å². The van der Waals surface area contributed by atoms with Crippen LogP contribution >= 0.6 is 38.9 Å². The summed E-state index contributed by atoms with van der Waals surface area (Å²) in [7, 11) is 1.68. The average molecular weight is 292 g/mol. The molecule has 0 N–H and O–H groups in total. The van der Waals surface area contributed by atoms with Gasteiger partial charge in [0.25, 0.3) is 0 Å². The van der Waals surface area contributed by atoms with Crippen molar-refractivity contribution in [3.8, 4) is 5.75 Å². The van der Waals surface area contributed by atoms with Crippen LogP contribution in [-0.4, -0.2) is 7.11 Å². The van der Waals surface area contributed by atoms with Gasteiger partial charge in [-0.1, -0.05) is 15.9 Å². The second-order valence-electron chi connectivity index (χ2n) is 2.84.